The van der Waals surface area contributed by atoms with Crippen molar-refractivity contribution in [2.24, 2.45) is 11.1 Å². The van der Waals surface area contributed by atoms with Gasteiger partial charge in [0.1, 0.15) is 0 Å². The molecule has 0 atom stereocenters. The average molecular weight is 157 g/mol. The Balaban J connectivity index is 2.28. The van der Waals surface area contributed by atoms with Crippen LogP contribution in [0.4, 0.5) is 0 Å². The molecule has 0 spiro atoms. The molecule has 2 aliphatic rings. The van der Waals surface area contributed by atoms with Crippen LogP contribution in [-0.2, 0) is 9.47 Å². The van der Waals surface area contributed by atoms with Crippen LogP contribution in [0.1, 0.15) is 19.8 Å². The molecule has 0 aliphatic carbocycles. The number of hydrogen-bond donors (Lipinski definition) is 1. The Morgan fingerprint density at radius 1 is 1.27 bits per heavy atom. The molecule has 2 fully saturated rings. The lowest BCUT2D eigenvalue weighted by atomic mass is 9.78. The fourth-order valence-electron chi connectivity index (χ4n) is 2.20. The Hall–Kier alpha value is -0.120. The lowest BCUT2D eigenvalue weighted by Gasteiger charge is -2.32. The summed E-state index contributed by atoms with van der Waals surface area (Å²) < 4.78 is 11.1. The second-order valence-corrected chi connectivity index (χ2v) is 3.63. The molecule has 2 saturated heterocycles. The fourth-order valence-corrected chi connectivity index (χ4v) is 2.20. The Kier molecular flexibility index (Phi) is 1.50. The molecule has 0 aromatic heterocycles. The molecule has 11 heavy (non-hydrogen) atoms. The summed E-state index contributed by atoms with van der Waals surface area (Å²) >= 11 is 0. The molecule has 0 bridgehead atoms. The summed E-state index contributed by atoms with van der Waals surface area (Å²) in [5, 5.41) is 0. The zero-order chi connectivity index (χ0) is 7.95. The van der Waals surface area contributed by atoms with Gasteiger partial charge in [0.05, 0.1) is 13.2 Å². The number of nitrogens with two attached hydrogens (primary N) is 1. The van der Waals surface area contributed by atoms with Crippen LogP contribution in [0, 0.1) is 5.41 Å². The number of fused-ring (bicyclic) bond motifs is 1. The summed E-state index contributed by atoms with van der Waals surface area (Å²) in [5.41, 5.74) is 5.85. The van der Waals surface area contributed by atoms with E-state index in [-0.39, 0.29) is 11.2 Å². The van der Waals surface area contributed by atoms with E-state index >= 15 is 0 Å². The monoisotopic (exact) mass is 157 g/mol. The second-order valence-electron chi connectivity index (χ2n) is 3.63. The largest absolute Gasteiger partial charge is 0.350 e. The van der Waals surface area contributed by atoms with E-state index in [4.69, 9.17) is 15.2 Å². The summed E-state index contributed by atoms with van der Waals surface area (Å²) in [7, 11) is 0. The van der Waals surface area contributed by atoms with Crippen molar-refractivity contribution in [3.63, 3.8) is 0 Å². The molecule has 64 valence electrons. The van der Waals surface area contributed by atoms with Crippen molar-refractivity contribution < 1.29 is 9.47 Å². The van der Waals surface area contributed by atoms with Gasteiger partial charge in [-0.25, -0.2) is 0 Å². The number of hydrogen-bond acceptors (Lipinski definition) is 3. The Labute approximate surface area is 66.8 Å². The van der Waals surface area contributed by atoms with Gasteiger partial charge in [-0.15, -0.1) is 0 Å². The van der Waals surface area contributed by atoms with Gasteiger partial charge >= 0.3 is 0 Å². The van der Waals surface area contributed by atoms with Crippen LogP contribution in [0.2, 0.25) is 0 Å². The first-order valence-electron chi connectivity index (χ1n) is 4.20. The van der Waals surface area contributed by atoms with E-state index in [0.29, 0.717) is 6.54 Å². The molecule has 2 heterocycles. The van der Waals surface area contributed by atoms with Crippen LogP contribution in [0.5, 0.6) is 0 Å². The van der Waals surface area contributed by atoms with Gasteiger partial charge < -0.3 is 15.2 Å². The molecule has 2 rings (SSSR count). The van der Waals surface area contributed by atoms with Crippen LogP contribution >= 0.6 is 0 Å². The topological polar surface area (TPSA) is 44.5 Å². The van der Waals surface area contributed by atoms with E-state index in [9.17, 15) is 0 Å². The Bertz CT molecular complexity index is 159. The highest BCUT2D eigenvalue weighted by molar-refractivity contribution is 5.00. The lowest BCUT2D eigenvalue weighted by molar-refractivity contribution is -0.201. The molecule has 0 aromatic rings. The molecule has 0 aromatic carbocycles. The zero-order valence-corrected chi connectivity index (χ0v) is 6.93. The zero-order valence-electron chi connectivity index (χ0n) is 6.93. The first-order chi connectivity index (χ1) is 5.22. The van der Waals surface area contributed by atoms with E-state index in [1.165, 1.54) is 0 Å². The summed E-state index contributed by atoms with van der Waals surface area (Å²) in [5.74, 6) is -0.373. The summed E-state index contributed by atoms with van der Waals surface area (Å²) in [6.07, 6.45) is 2.11. The highest BCUT2D eigenvalue weighted by Gasteiger charge is 2.57. The summed E-state index contributed by atoms with van der Waals surface area (Å²) in [6, 6.07) is 0. The van der Waals surface area contributed by atoms with Crippen molar-refractivity contribution >= 4 is 0 Å². The van der Waals surface area contributed by atoms with Crippen molar-refractivity contribution in [1.29, 1.82) is 0 Å². The molecule has 0 amide bonds. The van der Waals surface area contributed by atoms with Crippen LogP contribution in [0.15, 0.2) is 0 Å². The van der Waals surface area contributed by atoms with E-state index < -0.39 is 0 Å². The van der Waals surface area contributed by atoms with Gasteiger partial charge in [0, 0.05) is 12.0 Å². The highest BCUT2D eigenvalue weighted by Crippen LogP contribution is 2.50. The van der Waals surface area contributed by atoms with Crippen LogP contribution < -0.4 is 5.73 Å². The van der Waals surface area contributed by atoms with Gasteiger partial charge in [-0.2, -0.15) is 0 Å². The number of rotatable bonds is 1. The first-order valence-corrected chi connectivity index (χ1v) is 4.20. The molecule has 3 nitrogen and oxygen atoms in total. The van der Waals surface area contributed by atoms with E-state index in [1.54, 1.807) is 0 Å². The molecular formula is C8H15NO2. The highest BCUT2D eigenvalue weighted by atomic mass is 16.7. The van der Waals surface area contributed by atoms with Gasteiger partial charge in [0.15, 0.2) is 5.79 Å². The maximum Gasteiger partial charge on any atom is 0.172 e. The molecule has 0 unspecified atom stereocenters. The van der Waals surface area contributed by atoms with Crippen LogP contribution in [-0.4, -0.2) is 25.5 Å². The van der Waals surface area contributed by atoms with Crippen LogP contribution in [0.25, 0.3) is 0 Å². The van der Waals surface area contributed by atoms with Crippen molar-refractivity contribution in [2.75, 3.05) is 19.8 Å². The quantitative estimate of drug-likeness (QED) is 0.602. The Morgan fingerprint density at radius 3 is 2.18 bits per heavy atom. The Morgan fingerprint density at radius 2 is 1.82 bits per heavy atom. The smallest absolute Gasteiger partial charge is 0.172 e. The predicted molar refractivity (Wildman–Crippen MR) is 41.0 cm³/mol. The second kappa shape index (κ2) is 2.19. The molecular weight excluding hydrogens is 142 g/mol. The van der Waals surface area contributed by atoms with Gasteiger partial charge in [-0.05, 0) is 19.8 Å². The minimum Gasteiger partial charge on any atom is -0.350 e. The van der Waals surface area contributed by atoms with Crippen molar-refractivity contribution in [3.05, 3.63) is 0 Å². The SMILES string of the molecule is CC12OCCC1(CN)CCO2. The maximum atomic E-state index is 5.73. The molecule has 0 saturated carbocycles. The van der Waals surface area contributed by atoms with E-state index in [0.717, 1.165) is 26.1 Å². The summed E-state index contributed by atoms with van der Waals surface area (Å²) in [6.45, 7) is 4.30. The molecule has 3 heteroatoms. The molecule has 2 N–H and O–H groups in total. The average Bonchev–Trinajstić information content (AvgIpc) is 2.41. The third kappa shape index (κ3) is 0.789. The standard InChI is InChI=1S/C8H15NO2/c1-7-8(6-9,2-4-10-7)3-5-11-7/h2-6,9H2,1H3. The molecule has 0 radical (unpaired) electrons. The van der Waals surface area contributed by atoms with E-state index in [1.807, 2.05) is 6.92 Å². The third-order valence-electron chi connectivity index (χ3n) is 3.27. The third-order valence-corrected chi connectivity index (χ3v) is 3.27. The molecule has 2 aliphatic heterocycles. The minimum absolute atomic E-state index is 0.118. The predicted octanol–water partition coefficient (Wildman–Crippen LogP) is 0.488. The maximum absolute atomic E-state index is 5.73. The van der Waals surface area contributed by atoms with Gasteiger partial charge in [0.2, 0.25) is 0 Å². The van der Waals surface area contributed by atoms with Crippen LogP contribution in [0.3, 0.4) is 0 Å². The van der Waals surface area contributed by atoms with Crippen molar-refractivity contribution in [2.45, 2.75) is 25.6 Å². The fraction of sp³-hybridized carbons (Fsp3) is 1.00. The normalized spacial score (nSPS) is 49.6. The van der Waals surface area contributed by atoms with Gasteiger partial charge in [-0.3, -0.25) is 0 Å². The summed E-state index contributed by atoms with van der Waals surface area (Å²) in [4.78, 5) is 0. The number of ether oxygens (including phenoxy) is 2. The van der Waals surface area contributed by atoms with E-state index in [2.05, 4.69) is 0 Å². The lowest BCUT2D eigenvalue weighted by Crippen LogP contribution is -2.43. The van der Waals surface area contributed by atoms with Crippen molar-refractivity contribution in [1.82, 2.24) is 0 Å². The first kappa shape index (κ1) is 7.53. The van der Waals surface area contributed by atoms with Gasteiger partial charge in [0.25, 0.3) is 0 Å². The van der Waals surface area contributed by atoms with Gasteiger partial charge in [-0.1, -0.05) is 0 Å². The van der Waals surface area contributed by atoms with Crippen molar-refractivity contribution in [3.8, 4) is 0 Å². The minimum atomic E-state index is -0.373.